The fourth-order valence-corrected chi connectivity index (χ4v) is 1.70. The summed E-state index contributed by atoms with van der Waals surface area (Å²) in [6, 6.07) is 6.01. The van der Waals surface area contributed by atoms with Gasteiger partial charge in [0, 0.05) is 5.33 Å². The highest BCUT2D eigenvalue weighted by Crippen LogP contribution is 2.12. The Labute approximate surface area is 79.8 Å². The Morgan fingerprint density at radius 1 is 1.58 bits per heavy atom. The van der Waals surface area contributed by atoms with Crippen LogP contribution in [0.15, 0.2) is 18.2 Å². The summed E-state index contributed by atoms with van der Waals surface area (Å²) < 4.78 is 5.06. The minimum Gasteiger partial charge on any atom is -0.423 e. The molecule has 0 fully saturated rings. The Balaban J connectivity index is 2.43. The van der Waals surface area contributed by atoms with Crippen LogP contribution in [-0.2, 0) is 16.6 Å². The molecule has 0 aromatic heterocycles. The Kier molecular flexibility index (Phi) is 2.21. The van der Waals surface area contributed by atoms with Crippen molar-refractivity contribution >= 4 is 28.5 Å². The summed E-state index contributed by atoms with van der Waals surface area (Å²) in [6.07, 6.45) is 0. The van der Waals surface area contributed by atoms with Crippen molar-refractivity contribution in [2.75, 3.05) is 0 Å². The molecule has 12 heavy (non-hydrogen) atoms. The summed E-state index contributed by atoms with van der Waals surface area (Å²) in [5, 5.41) is 10.2. The SMILES string of the molecule is OB1OCc2ccc(CBr)cc21. The normalized spacial score (nSPS) is 15.0. The standard InChI is InChI=1S/C8H8BBrO2/c10-4-6-1-2-7-5-12-9(11)8(7)3-6/h1-3,11H,4-5H2. The molecule has 1 aromatic carbocycles. The van der Waals surface area contributed by atoms with Gasteiger partial charge < -0.3 is 9.68 Å². The van der Waals surface area contributed by atoms with Gasteiger partial charge in [0.15, 0.2) is 0 Å². The van der Waals surface area contributed by atoms with Gasteiger partial charge >= 0.3 is 7.12 Å². The van der Waals surface area contributed by atoms with Gasteiger partial charge in [-0.15, -0.1) is 0 Å². The molecule has 0 bridgehead atoms. The molecule has 0 radical (unpaired) electrons. The van der Waals surface area contributed by atoms with Crippen molar-refractivity contribution in [1.82, 2.24) is 0 Å². The molecule has 1 heterocycles. The molecule has 0 atom stereocenters. The number of hydrogen-bond donors (Lipinski definition) is 1. The molecule has 1 aromatic rings. The first-order valence-corrected chi connectivity index (χ1v) is 4.91. The highest BCUT2D eigenvalue weighted by Gasteiger charge is 2.26. The van der Waals surface area contributed by atoms with E-state index in [9.17, 15) is 5.02 Å². The molecular weight excluding hydrogens is 219 g/mol. The first-order chi connectivity index (χ1) is 5.81. The minimum atomic E-state index is -0.723. The van der Waals surface area contributed by atoms with Crippen LogP contribution in [0.3, 0.4) is 0 Å². The lowest BCUT2D eigenvalue weighted by Gasteiger charge is -2.00. The summed E-state index contributed by atoms with van der Waals surface area (Å²) in [5.74, 6) is 0. The zero-order valence-electron chi connectivity index (χ0n) is 6.46. The average Bonchev–Trinajstić information content (AvgIpc) is 2.47. The van der Waals surface area contributed by atoms with Crippen molar-refractivity contribution in [3.8, 4) is 0 Å². The van der Waals surface area contributed by atoms with E-state index in [0.29, 0.717) is 6.61 Å². The van der Waals surface area contributed by atoms with Gasteiger partial charge in [-0.05, 0) is 16.6 Å². The van der Waals surface area contributed by atoms with Gasteiger partial charge in [-0.1, -0.05) is 34.1 Å². The predicted molar refractivity (Wildman–Crippen MR) is 51.5 cm³/mol. The Morgan fingerprint density at radius 2 is 2.42 bits per heavy atom. The molecule has 0 unspecified atom stereocenters. The van der Waals surface area contributed by atoms with E-state index in [-0.39, 0.29) is 0 Å². The number of hydrogen-bond acceptors (Lipinski definition) is 2. The van der Waals surface area contributed by atoms with Crippen molar-refractivity contribution in [3.05, 3.63) is 29.3 Å². The van der Waals surface area contributed by atoms with E-state index < -0.39 is 7.12 Å². The van der Waals surface area contributed by atoms with Gasteiger partial charge in [-0.25, -0.2) is 0 Å². The minimum absolute atomic E-state index is 0.527. The fraction of sp³-hybridized carbons (Fsp3) is 0.250. The second kappa shape index (κ2) is 3.20. The van der Waals surface area contributed by atoms with E-state index in [2.05, 4.69) is 15.9 Å². The van der Waals surface area contributed by atoms with Gasteiger partial charge in [0.1, 0.15) is 0 Å². The number of benzene rings is 1. The lowest BCUT2D eigenvalue weighted by atomic mass is 9.79. The van der Waals surface area contributed by atoms with Crippen LogP contribution in [0.1, 0.15) is 11.1 Å². The molecule has 1 aliphatic rings. The third kappa shape index (κ3) is 1.30. The molecule has 0 aliphatic carbocycles. The summed E-state index contributed by atoms with van der Waals surface area (Å²) in [6.45, 7) is 0.527. The molecule has 1 aliphatic heterocycles. The first-order valence-electron chi connectivity index (χ1n) is 3.78. The first kappa shape index (κ1) is 8.29. The van der Waals surface area contributed by atoms with Gasteiger partial charge in [0.25, 0.3) is 0 Å². The maximum Gasteiger partial charge on any atom is 0.491 e. The number of fused-ring (bicyclic) bond motifs is 1. The van der Waals surface area contributed by atoms with Crippen molar-refractivity contribution in [3.63, 3.8) is 0 Å². The lowest BCUT2D eigenvalue weighted by Crippen LogP contribution is -2.28. The van der Waals surface area contributed by atoms with E-state index in [0.717, 1.165) is 16.4 Å². The van der Waals surface area contributed by atoms with Crippen LogP contribution >= 0.6 is 15.9 Å². The molecular formula is C8H8BBrO2. The molecule has 0 saturated heterocycles. The Morgan fingerprint density at radius 3 is 3.17 bits per heavy atom. The second-order valence-electron chi connectivity index (χ2n) is 2.83. The second-order valence-corrected chi connectivity index (χ2v) is 3.39. The van der Waals surface area contributed by atoms with Crippen molar-refractivity contribution in [2.45, 2.75) is 11.9 Å². The van der Waals surface area contributed by atoms with E-state index in [1.165, 1.54) is 5.56 Å². The highest BCUT2D eigenvalue weighted by molar-refractivity contribution is 9.08. The molecule has 62 valence electrons. The number of halogens is 1. The molecule has 0 amide bonds. The lowest BCUT2D eigenvalue weighted by molar-refractivity contribution is 0.275. The quantitative estimate of drug-likeness (QED) is 0.567. The Hall–Kier alpha value is -0.315. The van der Waals surface area contributed by atoms with E-state index in [4.69, 9.17) is 4.65 Å². The van der Waals surface area contributed by atoms with Crippen molar-refractivity contribution < 1.29 is 9.68 Å². The van der Waals surface area contributed by atoms with Gasteiger partial charge in [0.05, 0.1) is 6.61 Å². The summed E-state index contributed by atoms with van der Waals surface area (Å²) in [5.41, 5.74) is 3.16. The predicted octanol–water partition coefficient (Wildman–Crippen LogP) is 0.799. The molecule has 1 N–H and O–H groups in total. The largest absolute Gasteiger partial charge is 0.491 e. The molecule has 0 spiro atoms. The number of rotatable bonds is 1. The summed E-state index contributed by atoms with van der Waals surface area (Å²) in [7, 11) is -0.723. The third-order valence-corrected chi connectivity index (χ3v) is 2.67. The van der Waals surface area contributed by atoms with E-state index in [1.54, 1.807) is 0 Å². The molecule has 0 saturated carbocycles. The van der Waals surface area contributed by atoms with Crippen LogP contribution in [0.25, 0.3) is 0 Å². The molecule has 2 rings (SSSR count). The third-order valence-electron chi connectivity index (χ3n) is 2.03. The van der Waals surface area contributed by atoms with Gasteiger partial charge in [0.2, 0.25) is 0 Å². The monoisotopic (exact) mass is 226 g/mol. The zero-order valence-corrected chi connectivity index (χ0v) is 8.04. The maximum absolute atomic E-state index is 9.36. The fourth-order valence-electron chi connectivity index (χ4n) is 1.35. The van der Waals surface area contributed by atoms with Crippen LogP contribution in [0.5, 0.6) is 0 Å². The van der Waals surface area contributed by atoms with Crippen molar-refractivity contribution in [1.29, 1.82) is 0 Å². The zero-order chi connectivity index (χ0) is 8.55. The summed E-state index contributed by atoms with van der Waals surface area (Å²) >= 11 is 3.36. The highest BCUT2D eigenvalue weighted by atomic mass is 79.9. The van der Waals surface area contributed by atoms with Crippen LogP contribution in [-0.4, -0.2) is 12.1 Å². The molecule has 2 nitrogen and oxygen atoms in total. The Bertz CT molecular complexity index is 303. The number of alkyl halides is 1. The molecule has 4 heteroatoms. The smallest absolute Gasteiger partial charge is 0.423 e. The van der Waals surface area contributed by atoms with Crippen molar-refractivity contribution in [2.24, 2.45) is 0 Å². The van der Waals surface area contributed by atoms with Crippen LogP contribution in [0, 0.1) is 0 Å². The maximum atomic E-state index is 9.36. The van der Waals surface area contributed by atoms with E-state index >= 15 is 0 Å². The van der Waals surface area contributed by atoms with Gasteiger partial charge in [-0.2, -0.15) is 0 Å². The average molecular weight is 227 g/mol. The summed E-state index contributed by atoms with van der Waals surface area (Å²) in [4.78, 5) is 0. The van der Waals surface area contributed by atoms with E-state index in [1.807, 2.05) is 18.2 Å². The van der Waals surface area contributed by atoms with Crippen LogP contribution < -0.4 is 5.46 Å². The van der Waals surface area contributed by atoms with Crippen LogP contribution in [0.4, 0.5) is 0 Å². The van der Waals surface area contributed by atoms with Gasteiger partial charge in [-0.3, -0.25) is 0 Å². The topological polar surface area (TPSA) is 29.5 Å². The van der Waals surface area contributed by atoms with Crippen LogP contribution in [0.2, 0.25) is 0 Å².